The van der Waals surface area contributed by atoms with Gasteiger partial charge in [0.15, 0.2) is 0 Å². The summed E-state index contributed by atoms with van der Waals surface area (Å²) < 4.78 is 1.99. The first kappa shape index (κ1) is 20.7. The van der Waals surface area contributed by atoms with E-state index >= 15 is 0 Å². The fourth-order valence-electron chi connectivity index (χ4n) is 4.10. The Morgan fingerprint density at radius 2 is 2.00 bits per heavy atom. The number of aryl methyl sites for hydroxylation is 1. The van der Waals surface area contributed by atoms with Gasteiger partial charge in [0.1, 0.15) is 11.3 Å². The number of nitrogens with zero attached hydrogens (tertiary/aromatic N) is 6. The van der Waals surface area contributed by atoms with E-state index in [1.165, 1.54) is 0 Å². The van der Waals surface area contributed by atoms with Gasteiger partial charge in [0.05, 0.1) is 52.7 Å². The molecular formula is C25H21N9O. The molecule has 0 aliphatic carbocycles. The molecule has 10 heteroatoms. The van der Waals surface area contributed by atoms with Crippen molar-refractivity contribution in [3.05, 3.63) is 67.3 Å². The summed E-state index contributed by atoms with van der Waals surface area (Å²) in [7, 11) is 0. The van der Waals surface area contributed by atoms with E-state index in [2.05, 4.69) is 40.4 Å². The highest BCUT2D eigenvalue weighted by atomic mass is 16.1. The number of pyridine rings is 3. The monoisotopic (exact) mass is 463 g/mol. The van der Waals surface area contributed by atoms with Gasteiger partial charge in [-0.3, -0.25) is 19.9 Å². The highest BCUT2D eigenvalue weighted by Crippen LogP contribution is 2.32. The lowest BCUT2D eigenvalue weighted by Crippen LogP contribution is -2.09. The second-order valence-electron chi connectivity index (χ2n) is 8.25. The van der Waals surface area contributed by atoms with Crippen molar-refractivity contribution < 1.29 is 4.79 Å². The number of amides is 1. The fourth-order valence-corrected chi connectivity index (χ4v) is 4.10. The standard InChI is InChI=1S/C25H21N9O/c1-3-23(35)30-16-6-15(9-26-10-16)19-7-17-21(11-28-19)32-33-24(17)20-8-18-22(4-5-27-25(18)31-20)34-12-14(2)29-13-34/h4-13H,3H2,1-2H3,(H,27,31)(H,30,35)(H,32,33). The van der Waals surface area contributed by atoms with Gasteiger partial charge in [-0.25, -0.2) is 9.97 Å². The lowest BCUT2D eigenvalue weighted by atomic mass is 10.1. The summed E-state index contributed by atoms with van der Waals surface area (Å²) in [5.74, 6) is -0.0675. The number of hydrogen-bond acceptors (Lipinski definition) is 6. The minimum atomic E-state index is -0.0675. The summed E-state index contributed by atoms with van der Waals surface area (Å²) in [4.78, 5) is 32.9. The number of H-pyrrole nitrogens is 2. The largest absolute Gasteiger partial charge is 0.338 e. The first-order valence-corrected chi connectivity index (χ1v) is 11.2. The van der Waals surface area contributed by atoms with E-state index in [0.29, 0.717) is 12.1 Å². The third-order valence-electron chi connectivity index (χ3n) is 5.84. The van der Waals surface area contributed by atoms with Crippen LogP contribution >= 0.6 is 0 Å². The Kier molecular flexibility index (Phi) is 4.84. The van der Waals surface area contributed by atoms with Gasteiger partial charge >= 0.3 is 0 Å². The molecule has 10 nitrogen and oxygen atoms in total. The number of carbonyl (C=O) groups excluding carboxylic acids is 1. The molecule has 0 fully saturated rings. The van der Waals surface area contributed by atoms with Gasteiger partial charge in [0.25, 0.3) is 0 Å². The van der Waals surface area contributed by atoms with E-state index in [1.54, 1.807) is 31.1 Å². The fraction of sp³-hybridized carbons (Fsp3) is 0.120. The van der Waals surface area contributed by atoms with Crippen LogP contribution < -0.4 is 5.32 Å². The number of fused-ring (bicyclic) bond motifs is 2. The van der Waals surface area contributed by atoms with Gasteiger partial charge in [-0.1, -0.05) is 6.92 Å². The number of rotatable bonds is 5. The van der Waals surface area contributed by atoms with E-state index in [4.69, 9.17) is 0 Å². The zero-order chi connectivity index (χ0) is 23.9. The van der Waals surface area contributed by atoms with E-state index in [0.717, 1.165) is 56.0 Å². The molecule has 6 heterocycles. The van der Waals surface area contributed by atoms with Gasteiger partial charge in [0, 0.05) is 41.3 Å². The summed E-state index contributed by atoms with van der Waals surface area (Å²) in [5.41, 5.74) is 7.25. The van der Waals surface area contributed by atoms with Gasteiger partial charge < -0.3 is 14.9 Å². The van der Waals surface area contributed by atoms with Crippen LogP contribution in [-0.2, 0) is 4.79 Å². The van der Waals surface area contributed by atoms with Crippen LogP contribution in [0.3, 0.4) is 0 Å². The first-order valence-electron chi connectivity index (χ1n) is 11.2. The Balaban J connectivity index is 1.43. The van der Waals surface area contributed by atoms with E-state index in [-0.39, 0.29) is 5.91 Å². The smallest absolute Gasteiger partial charge is 0.224 e. The predicted molar refractivity (Wildman–Crippen MR) is 133 cm³/mol. The summed E-state index contributed by atoms with van der Waals surface area (Å²) in [6, 6.07) is 7.84. The zero-order valence-electron chi connectivity index (χ0n) is 19.1. The summed E-state index contributed by atoms with van der Waals surface area (Å²) in [6.07, 6.45) is 11.0. The number of aromatic nitrogens is 8. The lowest BCUT2D eigenvalue weighted by molar-refractivity contribution is -0.115. The number of nitrogens with one attached hydrogen (secondary N) is 3. The summed E-state index contributed by atoms with van der Waals surface area (Å²) in [6.45, 7) is 3.77. The molecule has 0 aliphatic heterocycles. The predicted octanol–water partition coefficient (Wildman–Crippen LogP) is 4.41. The Labute approximate surface area is 199 Å². The molecule has 0 saturated heterocycles. The maximum Gasteiger partial charge on any atom is 0.224 e. The minimum Gasteiger partial charge on any atom is -0.338 e. The second kappa shape index (κ2) is 8.17. The van der Waals surface area contributed by atoms with Crippen LogP contribution in [0.5, 0.6) is 0 Å². The summed E-state index contributed by atoms with van der Waals surface area (Å²) >= 11 is 0. The highest BCUT2D eigenvalue weighted by Gasteiger charge is 2.16. The van der Waals surface area contributed by atoms with Crippen molar-refractivity contribution in [2.24, 2.45) is 0 Å². The highest BCUT2D eigenvalue weighted by molar-refractivity contribution is 5.98. The molecule has 0 spiro atoms. The van der Waals surface area contributed by atoms with Crippen molar-refractivity contribution in [3.8, 4) is 28.3 Å². The van der Waals surface area contributed by atoms with E-state index in [1.807, 2.05) is 48.9 Å². The lowest BCUT2D eigenvalue weighted by Gasteiger charge is -2.06. The Morgan fingerprint density at radius 1 is 1.09 bits per heavy atom. The van der Waals surface area contributed by atoms with Gasteiger partial charge in [-0.05, 0) is 31.2 Å². The molecule has 0 unspecified atom stereocenters. The maximum atomic E-state index is 11.8. The SMILES string of the molecule is CCC(=O)Nc1cncc(-c2cc3c(-c4cc5c(-n6cnc(C)c6)ccnc5[nH]4)n[nH]c3cn2)c1. The number of anilines is 1. The molecule has 35 heavy (non-hydrogen) atoms. The second-order valence-corrected chi connectivity index (χ2v) is 8.25. The van der Waals surface area contributed by atoms with Gasteiger partial charge in [-0.15, -0.1) is 0 Å². The molecule has 0 bridgehead atoms. The van der Waals surface area contributed by atoms with Crippen molar-refractivity contribution in [1.29, 1.82) is 0 Å². The van der Waals surface area contributed by atoms with Crippen LogP contribution in [0, 0.1) is 6.92 Å². The summed E-state index contributed by atoms with van der Waals surface area (Å²) in [5, 5.41) is 12.3. The molecule has 0 aliphatic rings. The third kappa shape index (κ3) is 3.70. The minimum absolute atomic E-state index is 0.0675. The Bertz CT molecular complexity index is 1710. The molecule has 0 saturated carbocycles. The maximum absolute atomic E-state index is 11.8. The van der Waals surface area contributed by atoms with Crippen molar-refractivity contribution >= 4 is 33.5 Å². The molecule has 6 rings (SSSR count). The van der Waals surface area contributed by atoms with Crippen LogP contribution in [0.15, 0.2) is 61.6 Å². The molecule has 6 aromatic rings. The first-order chi connectivity index (χ1) is 17.1. The molecule has 3 N–H and O–H groups in total. The molecule has 0 radical (unpaired) electrons. The average Bonchev–Trinajstić information content (AvgIpc) is 3.61. The number of aromatic amines is 2. The van der Waals surface area contributed by atoms with Crippen LogP contribution in [0.25, 0.3) is 50.3 Å². The number of carbonyl (C=O) groups is 1. The van der Waals surface area contributed by atoms with Crippen molar-refractivity contribution in [2.75, 3.05) is 5.32 Å². The van der Waals surface area contributed by atoms with E-state index < -0.39 is 0 Å². The van der Waals surface area contributed by atoms with Gasteiger partial charge in [-0.2, -0.15) is 5.10 Å². The van der Waals surface area contributed by atoms with Gasteiger partial charge in [0.2, 0.25) is 5.91 Å². The molecule has 0 aromatic carbocycles. The number of imidazole rings is 1. The quantitative estimate of drug-likeness (QED) is 0.347. The van der Waals surface area contributed by atoms with Crippen molar-refractivity contribution in [2.45, 2.75) is 20.3 Å². The Hall–Kier alpha value is -4.86. The van der Waals surface area contributed by atoms with Crippen LogP contribution in [0.1, 0.15) is 19.0 Å². The molecule has 0 atom stereocenters. The van der Waals surface area contributed by atoms with E-state index in [9.17, 15) is 4.79 Å². The molecule has 172 valence electrons. The Morgan fingerprint density at radius 3 is 2.83 bits per heavy atom. The number of hydrogen-bond donors (Lipinski definition) is 3. The molecule has 6 aromatic heterocycles. The normalized spacial score (nSPS) is 11.4. The van der Waals surface area contributed by atoms with Crippen LogP contribution in [-0.4, -0.2) is 45.6 Å². The topological polar surface area (TPSA) is 130 Å². The van der Waals surface area contributed by atoms with Crippen LogP contribution in [0.4, 0.5) is 5.69 Å². The average molecular weight is 464 g/mol. The zero-order valence-corrected chi connectivity index (χ0v) is 19.1. The van der Waals surface area contributed by atoms with Crippen LogP contribution in [0.2, 0.25) is 0 Å². The van der Waals surface area contributed by atoms with Crippen molar-refractivity contribution in [1.82, 2.24) is 39.7 Å². The van der Waals surface area contributed by atoms with Crippen molar-refractivity contribution in [3.63, 3.8) is 0 Å². The third-order valence-corrected chi connectivity index (χ3v) is 5.84. The molecular weight excluding hydrogens is 442 g/mol. The molecule has 1 amide bonds.